The predicted octanol–water partition coefficient (Wildman–Crippen LogP) is 1.00. The zero-order valence-electron chi connectivity index (χ0n) is 11.7. The lowest BCUT2D eigenvalue weighted by atomic mass is 10.2. The van der Waals surface area contributed by atoms with Gasteiger partial charge in [0.05, 0.1) is 24.0 Å². The quantitative estimate of drug-likeness (QED) is 0.727. The summed E-state index contributed by atoms with van der Waals surface area (Å²) in [7, 11) is -2.87. The van der Waals surface area contributed by atoms with Gasteiger partial charge in [-0.3, -0.25) is 4.79 Å². The van der Waals surface area contributed by atoms with Gasteiger partial charge in [0.25, 0.3) is 0 Å². The van der Waals surface area contributed by atoms with Crippen LogP contribution in [-0.2, 0) is 19.6 Å². The van der Waals surface area contributed by atoms with Gasteiger partial charge < -0.3 is 9.84 Å². The molecule has 0 aliphatic heterocycles. The Morgan fingerprint density at radius 2 is 1.95 bits per heavy atom. The highest BCUT2D eigenvalue weighted by molar-refractivity contribution is 7.89. The van der Waals surface area contributed by atoms with Gasteiger partial charge >= 0.3 is 11.9 Å². The molecule has 0 aliphatic carbocycles. The molecule has 0 bridgehead atoms. The summed E-state index contributed by atoms with van der Waals surface area (Å²) in [5, 5.41) is 8.75. The Labute approximate surface area is 123 Å². The fraction of sp³-hybridized carbons (Fsp3) is 0.385. The number of aliphatic carboxylic acids is 1. The van der Waals surface area contributed by atoms with E-state index < -0.39 is 28.0 Å². The van der Waals surface area contributed by atoms with Gasteiger partial charge in [-0.05, 0) is 18.6 Å². The number of sulfonamides is 1. The second-order valence-electron chi connectivity index (χ2n) is 4.31. The van der Waals surface area contributed by atoms with Crippen LogP contribution in [0, 0.1) is 0 Å². The molecule has 21 heavy (non-hydrogen) atoms. The van der Waals surface area contributed by atoms with Crippen molar-refractivity contribution in [2.45, 2.75) is 30.7 Å². The van der Waals surface area contributed by atoms with Gasteiger partial charge in [0, 0.05) is 6.04 Å². The van der Waals surface area contributed by atoms with E-state index in [1.165, 1.54) is 24.3 Å². The van der Waals surface area contributed by atoms with E-state index in [9.17, 15) is 18.0 Å². The number of ether oxygens (including phenoxy) is 1. The zero-order chi connectivity index (χ0) is 16.0. The van der Waals surface area contributed by atoms with Gasteiger partial charge in [-0.1, -0.05) is 19.1 Å². The number of methoxy groups -OCH3 is 1. The van der Waals surface area contributed by atoms with Crippen LogP contribution in [0.2, 0.25) is 0 Å². The number of rotatable bonds is 7. The molecular weight excluding hydrogens is 298 g/mol. The fourth-order valence-corrected chi connectivity index (χ4v) is 3.26. The van der Waals surface area contributed by atoms with Crippen LogP contribution < -0.4 is 4.72 Å². The minimum absolute atomic E-state index is 0.0994. The Kier molecular flexibility index (Phi) is 5.86. The van der Waals surface area contributed by atoms with Crippen molar-refractivity contribution in [2.24, 2.45) is 0 Å². The number of carboxylic acids is 1. The molecular formula is C13H17NO6S. The van der Waals surface area contributed by atoms with E-state index in [0.29, 0.717) is 6.42 Å². The monoisotopic (exact) mass is 315 g/mol. The summed E-state index contributed by atoms with van der Waals surface area (Å²) < 4.78 is 31.5. The molecule has 2 N–H and O–H groups in total. The number of hydrogen-bond donors (Lipinski definition) is 2. The molecule has 8 heteroatoms. The molecule has 0 saturated heterocycles. The van der Waals surface area contributed by atoms with Crippen molar-refractivity contribution in [1.82, 2.24) is 4.72 Å². The minimum atomic E-state index is -4.02. The van der Waals surface area contributed by atoms with Crippen LogP contribution in [-0.4, -0.2) is 38.6 Å². The molecule has 7 nitrogen and oxygen atoms in total. The fourth-order valence-electron chi connectivity index (χ4n) is 1.74. The molecule has 1 unspecified atom stereocenters. The molecule has 1 rings (SSSR count). The van der Waals surface area contributed by atoms with E-state index in [-0.39, 0.29) is 16.9 Å². The number of nitrogens with one attached hydrogen (secondary N) is 1. The van der Waals surface area contributed by atoms with E-state index in [4.69, 9.17) is 5.11 Å². The third-order valence-electron chi connectivity index (χ3n) is 2.82. The number of hydrogen-bond acceptors (Lipinski definition) is 5. The lowest BCUT2D eigenvalue weighted by molar-refractivity contribution is -0.137. The van der Waals surface area contributed by atoms with E-state index in [2.05, 4.69) is 9.46 Å². The molecule has 0 fully saturated rings. The highest BCUT2D eigenvalue weighted by Crippen LogP contribution is 2.17. The van der Waals surface area contributed by atoms with Gasteiger partial charge in [0.2, 0.25) is 10.0 Å². The number of benzene rings is 1. The van der Waals surface area contributed by atoms with Gasteiger partial charge in [-0.15, -0.1) is 0 Å². The van der Waals surface area contributed by atoms with Crippen LogP contribution in [0.25, 0.3) is 0 Å². The summed E-state index contributed by atoms with van der Waals surface area (Å²) in [6, 6.07) is 4.83. The Morgan fingerprint density at radius 3 is 2.48 bits per heavy atom. The maximum absolute atomic E-state index is 12.3. The summed E-state index contributed by atoms with van der Waals surface area (Å²) in [6.45, 7) is 1.67. The van der Waals surface area contributed by atoms with Crippen molar-refractivity contribution in [3.63, 3.8) is 0 Å². The van der Waals surface area contributed by atoms with E-state index >= 15 is 0 Å². The summed E-state index contributed by atoms with van der Waals surface area (Å²) in [4.78, 5) is 22.1. The van der Waals surface area contributed by atoms with Gasteiger partial charge in [-0.2, -0.15) is 0 Å². The van der Waals surface area contributed by atoms with Crippen LogP contribution in [0.4, 0.5) is 0 Å². The molecule has 0 spiro atoms. The van der Waals surface area contributed by atoms with E-state index in [0.717, 1.165) is 7.11 Å². The van der Waals surface area contributed by atoms with E-state index in [1.54, 1.807) is 6.92 Å². The van der Waals surface area contributed by atoms with Crippen molar-refractivity contribution >= 4 is 22.0 Å². The third-order valence-corrected chi connectivity index (χ3v) is 4.40. The first-order chi connectivity index (χ1) is 9.81. The first-order valence-corrected chi connectivity index (χ1v) is 7.71. The number of carbonyl (C=O) groups excluding carboxylic acids is 1. The molecule has 0 heterocycles. The second-order valence-corrected chi connectivity index (χ2v) is 5.99. The first-order valence-electron chi connectivity index (χ1n) is 6.23. The van der Waals surface area contributed by atoms with Crippen LogP contribution >= 0.6 is 0 Å². The normalized spacial score (nSPS) is 12.7. The molecule has 0 aromatic heterocycles. The second kappa shape index (κ2) is 7.19. The molecule has 1 atom stereocenters. The SMILES string of the molecule is CCC(CC(=O)O)NS(=O)(=O)c1ccccc1C(=O)OC. The summed E-state index contributed by atoms with van der Waals surface area (Å²) in [6.07, 6.45) is -0.0258. The summed E-state index contributed by atoms with van der Waals surface area (Å²) in [5.41, 5.74) is -0.0994. The van der Waals surface area contributed by atoms with Crippen molar-refractivity contribution in [3.05, 3.63) is 29.8 Å². The number of carbonyl (C=O) groups is 2. The first kappa shape index (κ1) is 17.1. The smallest absolute Gasteiger partial charge is 0.339 e. The average molecular weight is 315 g/mol. The van der Waals surface area contributed by atoms with Crippen LogP contribution in [0.3, 0.4) is 0 Å². The lowest BCUT2D eigenvalue weighted by Crippen LogP contribution is -2.36. The van der Waals surface area contributed by atoms with Gasteiger partial charge in [-0.25, -0.2) is 17.9 Å². The molecule has 0 radical (unpaired) electrons. The molecule has 1 aromatic rings. The molecule has 0 amide bonds. The molecule has 0 aliphatic rings. The maximum atomic E-state index is 12.3. The predicted molar refractivity (Wildman–Crippen MR) is 74.4 cm³/mol. The van der Waals surface area contributed by atoms with Gasteiger partial charge in [0.15, 0.2) is 0 Å². The Hall–Kier alpha value is -1.93. The van der Waals surface area contributed by atoms with Gasteiger partial charge in [0.1, 0.15) is 0 Å². The largest absolute Gasteiger partial charge is 0.481 e. The number of esters is 1. The summed E-state index contributed by atoms with van der Waals surface area (Å²) in [5.74, 6) is -1.88. The van der Waals surface area contributed by atoms with Crippen molar-refractivity contribution in [2.75, 3.05) is 7.11 Å². The minimum Gasteiger partial charge on any atom is -0.481 e. The van der Waals surface area contributed by atoms with Crippen molar-refractivity contribution in [1.29, 1.82) is 0 Å². The van der Waals surface area contributed by atoms with Crippen LogP contribution in [0.1, 0.15) is 30.1 Å². The standard InChI is InChI=1S/C13H17NO6S/c1-3-9(8-12(15)16)14-21(18,19)11-7-5-4-6-10(11)13(17)20-2/h4-7,9,14H,3,8H2,1-2H3,(H,15,16). The van der Waals surface area contributed by atoms with Crippen molar-refractivity contribution in [3.8, 4) is 0 Å². The highest BCUT2D eigenvalue weighted by Gasteiger charge is 2.25. The Morgan fingerprint density at radius 1 is 1.33 bits per heavy atom. The zero-order valence-corrected chi connectivity index (χ0v) is 12.5. The van der Waals surface area contributed by atoms with Crippen molar-refractivity contribution < 1.29 is 27.9 Å². The van der Waals surface area contributed by atoms with Crippen LogP contribution in [0.5, 0.6) is 0 Å². The Balaban J connectivity index is 3.13. The van der Waals surface area contributed by atoms with E-state index in [1.807, 2.05) is 0 Å². The number of carboxylic acid groups (broad SMARTS) is 1. The van der Waals surface area contributed by atoms with Crippen LogP contribution in [0.15, 0.2) is 29.2 Å². The molecule has 116 valence electrons. The topological polar surface area (TPSA) is 110 Å². The lowest BCUT2D eigenvalue weighted by Gasteiger charge is -2.16. The third kappa shape index (κ3) is 4.54. The average Bonchev–Trinajstić information content (AvgIpc) is 2.45. The molecule has 0 saturated carbocycles. The maximum Gasteiger partial charge on any atom is 0.339 e. The Bertz CT molecular complexity index is 625. The summed E-state index contributed by atoms with van der Waals surface area (Å²) >= 11 is 0. The highest BCUT2D eigenvalue weighted by atomic mass is 32.2. The molecule has 1 aromatic carbocycles.